The second kappa shape index (κ2) is 6.89. The van der Waals surface area contributed by atoms with Gasteiger partial charge < -0.3 is 4.74 Å². The summed E-state index contributed by atoms with van der Waals surface area (Å²) in [5.74, 6) is -0.0946. The van der Waals surface area contributed by atoms with E-state index >= 15 is 0 Å². The van der Waals surface area contributed by atoms with E-state index in [-0.39, 0.29) is 5.97 Å². The Morgan fingerprint density at radius 1 is 1.35 bits per heavy atom. The van der Waals surface area contributed by atoms with Gasteiger partial charge in [0.15, 0.2) is 0 Å². The number of ether oxygens (including phenoxy) is 1. The van der Waals surface area contributed by atoms with Crippen molar-refractivity contribution in [2.45, 2.75) is 52.1 Å². The number of carbonyl (C=O) groups is 1. The standard InChI is InChI=1S/C17H25NO2/c1-13-7-8-14(2)15(10-13)12-18-9-5-4-6-16(18)11-17(19)20-3/h7-8,10,16H,4-6,9,11-12H2,1-3H3. The number of hydrogen-bond donors (Lipinski definition) is 0. The van der Waals surface area contributed by atoms with Crippen LogP contribution in [0.25, 0.3) is 0 Å². The number of benzene rings is 1. The summed E-state index contributed by atoms with van der Waals surface area (Å²) in [6.07, 6.45) is 4.05. The van der Waals surface area contributed by atoms with Crippen molar-refractivity contribution in [1.82, 2.24) is 4.90 Å². The molecule has 1 heterocycles. The summed E-state index contributed by atoms with van der Waals surface area (Å²) in [5, 5.41) is 0. The Balaban J connectivity index is 2.08. The van der Waals surface area contributed by atoms with E-state index in [1.54, 1.807) is 0 Å². The molecule has 0 aliphatic carbocycles. The molecule has 0 N–H and O–H groups in total. The predicted molar refractivity (Wildman–Crippen MR) is 80.6 cm³/mol. The van der Waals surface area contributed by atoms with Crippen LogP contribution in [0.15, 0.2) is 18.2 Å². The predicted octanol–water partition coefficient (Wildman–Crippen LogP) is 3.22. The summed E-state index contributed by atoms with van der Waals surface area (Å²) >= 11 is 0. The second-order valence-corrected chi connectivity index (χ2v) is 5.83. The maximum Gasteiger partial charge on any atom is 0.307 e. The highest BCUT2D eigenvalue weighted by Crippen LogP contribution is 2.23. The number of carbonyl (C=O) groups excluding carboxylic acids is 1. The number of piperidine rings is 1. The highest BCUT2D eigenvalue weighted by atomic mass is 16.5. The minimum absolute atomic E-state index is 0.0946. The van der Waals surface area contributed by atoms with Gasteiger partial charge in [0.2, 0.25) is 0 Å². The molecule has 1 unspecified atom stereocenters. The van der Waals surface area contributed by atoms with Gasteiger partial charge in [0, 0.05) is 12.6 Å². The Morgan fingerprint density at radius 2 is 2.15 bits per heavy atom. The van der Waals surface area contributed by atoms with Gasteiger partial charge in [-0.3, -0.25) is 9.69 Å². The molecule has 0 radical (unpaired) electrons. The van der Waals surface area contributed by atoms with Crippen molar-refractivity contribution in [3.63, 3.8) is 0 Å². The summed E-state index contributed by atoms with van der Waals surface area (Å²) in [6, 6.07) is 6.93. The van der Waals surface area contributed by atoms with E-state index in [0.717, 1.165) is 19.5 Å². The minimum Gasteiger partial charge on any atom is -0.469 e. The fourth-order valence-electron chi connectivity index (χ4n) is 2.96. The first-order valence-corrected chi connectivity index (χ1v) is 7.47. The van der Waals surface area contributed by atoms with Crippen molar-refractivity contribution in [3.8, 4) is 0 Å². The van der Waals surface area contributed by atoms with Crippen LogP contribution >= 0.6 is 0 Å². The maximum absolute atomic E-state index is 11.6. The topological polar surface area (TPSA) is 29.5 Å². The zero-order chi connectivity index (χ0) is 14.5. The number of methoxy groups -OCH3 is 1. The van der Waals surface area contributed by atoms with E-state index in [0.29, 0.717) is 12.5 Å². The van der Waals surface area contributed by atoms with Crippen LogP contribution in [0.3, 0.4) is 0 Å². The molecule has 1 aromatic carbocycles. The molecule has 1 atom stereocenters. The van der Waals surface area contributed by atoms with E-state index in [1.165, 1.54) is 36.6 Å². The Hall–Kier alpha value is -1.35. The molecular weight excluding hydrogens is 250 g/mol. The highest BCUT2D eigenvalue weighted by Gasteiger charge is 2.25. The number of rotatable bonds is 4. The van der Waals surface area contributed by atoms with Gasteiger partial charge >= 0.3 is 5.97 Å². The molecule has 0 aromatic heterocycles. The average Bonchev–Trinajstić information content (AvgIpc) is 2.44. The van der Waals surface area contributed by atoms with E-state index in [9.17, 15) is 4.79 Å². The number of esters is 1. The molecule has 1 aliphatic rings. The first-order chi connectivity index (χ1) is 9.60. The van der Waals surface area contributed by atoms with E-state index in [2.05, 4.69) is 36.9 Å². The van der Waals surface area contributed by atoms with Crippen LogP contribution in [0.5, 0.6) is 0 Å². The van der Waals surface area contributed by atoms with Gasteiger partial charge in [-0.05, 0) is 44.4 Å². The van der Waals surface area contributed by atoms with Crippen molar-refractivity contribution in [1.29, 1.82) is 0 Å². The van der Waals surface area contributed by atoms with Crippen LogP contribution in [0, 0.1) is 13.8 Å². The highest BCUT2D eigenvalue weighted by molar-refractivity contribution is 5.69. The minimum atomic E-state index is -0.0946. The van der Waals surface area contributed by atoms with Crippen molar-refractivity contribution in [2.75, 3.05) is 13.7 Å². The van der Waals surface area contributed by atoms with Crippen LogP contribution in [0.1, 0.15) is 42.4 Å². The van der Waals surface area contributed by atoms with E-state index in [4.69, 9.17) is 4.74 Å². The molecule has 3 nitrogen and oxygen atoms in total. The number of nitrogens with zero attached hydrogens (tertiary/aromatic N) is 1. The molecule has 0 bridgehead atoms. The lowest BCUT2D eigenvalue weighted by molar-refractivity contribution is -0.142. The molecule has 1 fully saturated rings. The monoisotopic (exact) mass is 275 g/mol. The molecule has 1 saturated heterocycles. The molecule has 1 aromatic rings. The third-order valence-corrected chi connectivity index (χ3v) is 4.26. The van der Waals surface area contributed by atoms with Crippen LogP contribution < -0.4 is 0 Å². The molecule has 20 heavy (non-hydrogen) atoms. The van der Waals surface area contributed by atoms with Gasteiger partial charge in [0.05, 0.1) is 13.5 Å². The molecule has 0 spiro atoms. The lowest BCUT2D eigenvalue weighted by atomic mass is 9.97. The quantitative estimate of drug-likeness (QED) is 0.790. The average molecular weight is 275 g/mol. The van der Waals surface area contributed by atoms with E-state index in [1.807, 2.05) is 0 Å². The SMILES string of the molecule is COC(=O)CC1CCCCN1Cc1cc(C)ccc1C. The normalized spacial score (nSPS) is 19.9. The molecule has 3 heteroatoms. The Kier molecular flexibility index (Phi) is 5.18. The lowest BCUT2D eigenvalue weighted by Crippen LogP contribution is -2.40. The number of aryl methyl sites for hydroxylation is 2. The Morgan fingerprint density at radius 3 is 2.90 bits per heavy atom. The van der Waals surface area contributed by atoms with Crippen molar-refractivity contribution < 1.29 is 9.53 Å². The maximum atomic E-state index is 11.6. The fraction of sp³-hybridized carbons (Fsp3) is 0.588. The summed E-state index contributed by atoms with van der Waals surface area (Å²) in [4.78, 5) is 14.0. The van der Waals surface area contributed by atoms with Crippen molar-refractivity contribution in [2.24, 2.45) is 0 Å². The van der Waals surface area contributed by atoms with E-state index < -0.39 is 0 Å². The molecule has 1 aliphatic heterocycles. The zero-order valence-corrected chi connectivity index (χ0v) is 12.8. The Bertz CT molecular complexity index is 470. The van der Waals surface area contributed by atoms with Crippen LogP contribution in [-0.2, 0) is 16.1 Å². The number of likely N-dealkylation sites (tertiary alicyclic amines) is 1. The first-order valence-electron chi connectivity index (χ1n) is 7.47. The molecule has 0 saturated carbocycles. The van der Waals surface area contributed by atoms with Crippen LogP contribution in [0.2, 0.25) is 0 Å². The van der Waals surface area contributed by atoms with Gasteiger partial charge in [0.1, 0.15) is 0 Å². The molecule has 0 amide bonds. The van der Waals surface area contributed by atoms with Gasteiger partial charge in [-0.2, -0.15) is 0 Å². The van der Waals surface area contributed by atoms with Gasteiger partial charge in [-0.25, -0.2) is 0 Å². The smallest absolute Gasteiger partial charge is 0.307 e. The third-order valence-electron chi connectivity index (χ3n) is 4.26. The largest absolute Gasteiger partial charge is 0.469 e. The molecular formula is C17H25NO2. The van der Waals surface area contributed by atoms with Gasteiger partial charge in [0.25, 0.3) is 0 Å². The fourth-order valence-corrected chi connectivity index (χ4v) is 2.96. The first kappa shape index (κ1) is 15.0. The summed E-state index contributed by atoms with van der Waals surface area (Å²) in [5.41, 5.74) is 4.01. The molecule has 2 rings (SSSR count). The number of hydrogen-bond acceptors (Lipinski definition) is 3. The zero-order valence-electron chi connectivity index (χ0n) is 12.8. The summed E-state index contributed by atoms with van der Waals surface area (Å²) < 4.78 is 4.83. The summed E-state index contributed by atoms with van der Waals surface area (Å²) in [6.45, 7) is 6.31. The lowest BCUT2D eigenvalue weighted by Gasteiger charge is -2.35. The van der Waals surface area contributed by atoms with Gasteiger partial charge in [-0.15, -0.1) is 0 Å². The van der Waals surface area contributed by atoms with Crippen LogP contribution in [0.4, 0.5) is 0 Å². The van der Waals surface area contributed by atoms with Crippen molar-refractivity contribution >= 4 is 5.97 Å². The summed E-state index contributed by atoms with van der Waals surface area (Å²) in [7, 11) is 1.47. The van der Waals surface area contributed by atoms with Crippen molar-refractivity contribution in [3.05, 3.63) is 34.9 Å². The third kappa shape index (κ3) is 3.83. The second-order valence-electron chi connectivity index (χ2n) is 5.83. The molecule has 110 valence electrons. The Labute approximate surface area is 121 Å². The van der Waals surface area contributed by atoms with Crippen LogP contribution in [-0.4, -0.2) is 30.6 Å². The van der Waals surface area contributed by atoms with Gasteiger partial charge in [-0.1, -0.05) is 30.2 Å².